The maximum atomic E-state index is 12.8. The van der Waals surface area contributed by atoms with Crippen LogP contribution >= 0.6 is 11.6 Å². The van der Waals surface area contributed by atoms with Gasteiger partial charge in [0.05, 0.1) is 17.5 Å². The first-order valence-electron chi connectivity index (χ1n) is 10.2. The first kappa shape index (κ1) is 24.1. The van der Waals surface area contributed by atoms with Crippen molar-refractivity contribution in [2.45, 2.75) is 31.6 Å². The number of piperidine rings is 1. The van der Waals surface area contributed by atoms with Gasteiger partial charge in [0.1, 0.15) is 0 Å². The van der Waals surface area contributed by atoms with Crippen LogP contribution in [0.4, 0.5) is 5.69 Å². The summed E-state index contributed by atoms with van der Waals surface area (Å²) < 4.78 is 10.5. The van der Waals surface area contributed by atoms with Gasteiger partial charge in [-0.1, -0.05) is 30.7 Å². The van der Waals surface area contributed by atoms with Gasteiger partial charge in [-0.25, -0.2) is 0 Å². The van der Waals surface area contributed by atoms with Crippen molar-refractivity contribution < 1.29 is 28.7 Å². The smallest absolute Gasteiger partial charge is 0.255 e. The van der Waals surface area contributed by atoms with Gasteiger partial charge in [0.25, 0.3) is 11.8 Å². The Morgan fingerprint density at radius 1 is 1.21 bits per heavy atom. The van der Waals surface area contributed by atoms with E-state index in [9.17, 15) is 19.2 Å². The number of hydrogen-bond acceptors (Lipinski definition) is 6. The molecule has 0 bridgehead atoms. The molecule has 0 radical (unpaired) electrons. The topological polar surface area (TPSA) is 137 Å². The SMILES string of the molecule is CCC1(c2ccc(NC(=O)c3cc(Cl)c(OCC(N)=O)c(OC)c3)cc2)CCC(=O)NC1=O. The van der Waals surface area contributed by atoms with Crippen LogP contribution < -0.4 is 25.8 Å². The van der Waals surface area contributed by atoms with Crippen molar-refractivity contribution in [1.29, 1.82) is 0 Å². The molecular formula is C23H24ClN3O6. The number of carbonyl (C=O) groups is 4. The highest BCUT2D eigenvalue weighted by Gasteiger charge is 2.42. The van der Waals surface area contributed by atoms with E-state index in [1.807, 2.05) is 6.92 Å². The number of rotatable bonds is 8. The molecule has 3 rings (SSSR count). The number of methoxy groups -OCH3 is 1. The maximum Gasteiger partial charge on any atom is 0.255 e. The Hall–Kier alpha value is -3.59. The molecule has 33 heavy (non-hydrogen) atoms. The van der Waals surface area contributed by atoms with E-state index in [-0.39, 0.29) is 46.9 Å². The lowest BCUT2D eigenvalue weighted by Gasteiger charge is -2.35. The molecule has 0 spiro atoms. The summed E-state index contributed by atoms with van der Waals surface area (Å²) in [6.07, 6.45) is 1.25. The quantitative estimate of drug-likeness (QED) is 0.504. The van der Waals surface area contributed by atoms with Gasteiger partial charge in [-0.2, -0.15) is 0 Å². The fourth-order valence-electron chi connectivity index (χ4n) is 3.78. The first-order valence-corrected chi connectivity index (χ1v) is 10.6. The number of nitrogens with two attached hydrogens (primary N) is 1. The molecule has 2 aromatic rings. The van der Waals surface area contributed by atoms with Gasteiger partial charge < -0.3 is 20.5 Å². The largest absolute Gasteiger partial charge is 0.493 e. The van der Waals surface area contributed by atoms with Crippen LogP contribution in [0.25, 0.3) is 0 Å². The molecule has 174 valence electrons. The zero-order chi connectivity index (χ0) is 24.2. The summed E-state index contributed by atoms with van der Waals surface area (Å²) in [6.45, 7) is 1.51. The first-order chi connectivity index (χ1) is 15.7. The molecule has 1 aliphatic heterocycles. The Morgan fingerprint density at radius 2 is 1.91 bits per heavy atom. The highest BCUT2D eigenvalue weighted by atomic mass is 35.5. The molecule has 4 N–H and O–H groups in total. The lowest BCUT2D eigenvalue weighted by Crippen LogP contribution is -2.51. The number of anilines is 1. The predicted octanol–water partition coefficient (Wildman–Crippen LogP) is 2.55. The molecular weight excluding hydrogens is 450 g/mol. The number of hydrogen-bond donors (Lipinski definition) is 3. The van der Waals surface area contributed by atoms with E-state index in [2.05, 4.69) is 10.6 Å². The fourth-order valence-corrected chi connectivity index (χ4v) is 4.04. The minimum atomic E-state index is -0.780. The summed E-state index contributed by atoms with van der Waals surface area (Å²) >= 11 is 6.21. The molecule has 9 nitrogen and oxygen atoms in total. The van der Waals surface area contributed by atoms with E-state index in [0.717, 1.165) is 5.56 Å². The van der Waals surface area contributed by atoms with Crippen molar-refractivity contribution in [2.24, 2.45) is 5.73 Å². The number of amides is 4. The Balaban J connectivity index is 1.78. The fraction of sp³-hybridized carbons (Fsp3) is 0.304. The number of halogens is 1. The molecule has 0 aromatic heterocycles. The van der Waals surface area contributed by atoms with Crippen molar-refractivity contribution >= 4 is 40.9 Å². The van der Waals surface area contributed by atoms with Gasteiger partial charge in [-0.3, -0.25) is 24.5 Å². The second kappa shape index (κ2) is 9.91. The van der Waals surface area contributed by atoms with Crippen molar-refractivity contribution in [2.75, 3.05) is 19.0 Å². The summed E-state index contributed by atoms with van der Waals surface area (Å²) in [5, 5.41) is 5.26. The number of benzene rings is 2. The Bertz CT molecular complexity index is 1100. The van der Waals surface area contributed by atoms with Crippen LogP contribution in [0.3, 0.4) is 0 Å². The van der Waals surface area contributed by atoms with E-state index in [4.69, 9.17) is 26.8 Å². The molecule has 1 heterocycles. The molecule has 0 aliphatic carbocycles. The van der Waals surface area contributed by atoms with Gasteiger partial charge in [-0.05, 0) is 42.7 Å². The van der Waals surface area contributed by atoms with Gasteiger partial charge in [-0.15, -0.1) is 0 Å². The lowest BCUT2D eigenvalue weighted by molar-refractivity contribution is -0.138. The zero-order valence-corrected chi connectivity index (χ0v) is 19.0. The van der Waals surface area contributed by atoms with Crippen LogP contribution in [-0.4, -0.2) is 37.3 Å². The van der Waals surface area contributed by atoms with Crippen molar-refractivity contribution in [3.63, 3.8) is 0 Å². The zero-order valence-electron chi connectivity index (χ0n) is 18.2. The van der Waals surface area contributed by atoms with E-state index < -0.39 is 17.2 Å². The number of imide groups is 1. The number of carbonyl (C=O) groups excluding carboxylic acids is 4. The standard InChI is InChI=1S/C23H24ClN3O6/c1-3-23(9-8-19(29)27-22(23)31)14-4-6-15(7-5-14)26-21(30)13-10-16(24)20(17(11-13)32-2)33-12-18(25)28/h4-7,10-11H,3,8-9,12H2,1-2H3,(H2,25,28)(H,26,30)(H,27,29,31). The van der Waals surface area contributed by atoms with E-state index in [1.54, 1.807) is 24.3 Å². The van der Waals surface area contributed by atoms with Crippen LogP contribution in [0.5, 0.6) is 11.5 Å². The second-order valence-corrected chi connectivity index (χ2v) is 8.00. The van der Waals surface area contributed by atoms with Gasteiger partial charge in [0.2, 0.25) is 11.8 Å². The Morgan fingerprint density at radius 3 is 2.48 bits per heavy atom. The minimum absolute atomic E-state index is 0.0823. The van der Waals surface area contributed by atoms with Crippen LogP contribution in [0.15, 0.2) is 36.4 Å². The minimum Gasteiger partial charge on any atom is -0.493 e. The third kappa shape index (κ3) is 5.09. The van der Waals surface area contributed by atoms with Crippen LogP contribution in [0, 0.1) is 0 Å². The second-order valence-electron chi connectivity index (χ2n) is 7.59. The van der Waals surface area contributed by atoms with E-state index in [0.29, 0.717) is 18.5 Å². The molecule has 1 unspecified atom stereocenters. The Labute approximate surface area is 195 Å². The molecule has 0 saturated carbocycles. The monoisotopic (exact) mass is 473 g/mol. The normalized spacial score (nSPS) is 17.8. The average Bonchev–Trinajstić information content (AvgIpc) is 2.78. The van der Waals surface area contributed by atoms with Crippen molar-refractivity contribution in [3.05, 3.63) is 52.5 Å². The van der Waals surface area contributed by atoms with Gasteiger partial charge in [0, 0.05) is 17.7 Å². The summed E-state index contributed by atoms with van der Waals surface area (Å²) in [7, 11) is 1.38. The highest BCUT2D eigenvalue weighted by molar-refractivity contribution is 6.32. The highest BCUT2D eigenvalue weighted by Crippen LogP contribution is 2.38. The molecule has 1 saturated heterocycles. The van der Waals surface area contributed by atoms with Gasteiger partial charge >= 0.3 is 0 Å². The third-order valence-electron chi connectivity index (χ3n) is 5.62. The molecule has 1 fully saturated rings. The van der Waals surface area contributed by atoms with Gasteiger partial charge in [0.15, 0.2) is 18.1 Å². The van der Waals surface area contributed by atoms with E-state index in [1.165, 1.54) is 19.2 Å². The van der Waals surface area contributed by atoms with Crippen molar-refractivity contribution in [1.82, 2.24) is 5.32 Å². The summed E-state index contributed by atoms with van der Waals surface area (Å²) in [5.74, 6) is -1.43. The molecule has 2 aromatic carbocycles. The molecule has 4 amide bonds. The van der Waals surface area contributed by atoms with Crippen LogP contribution in [0.1, 0.15) is 42.1 Å². The van der Waals surface area contributed by atoms with Crippen LogP contribution in [-0.2, 0) is 19.8 Å². The lowest BCUT2D eigenvalue weighted by atomic mass is 9.72. The summed E-state index contributed by atoms with van der Waals surface area (Å²) in [5.41, 5.74) is 5.79. The molecule has 10 heteroatoms. The van der Waals surface area contributed by atoms with E-state index >= 15 is 0 Å². The molecule has 1 aliphatic rings. The number of ether oxygens (including phenoxy) is 2. The average molecular weight is 474 g/mol. The summed E-state index contributed by atoms with van der Waals surface area (Å²) in [6, 6.07) is 9.74. The maximum absolute atomic E-state index is 12.8. The number of nitrogens with one attached hydrogen (secondary N) is 2. The third-order valence-corrected chi connectivity index (χ3v) is 5.90. The number of primary amides is 1. The predicted molar refractivity (Wildman–Crippen MR) is 121 cm³/mol. The van der Waals surface area contributed by atoms with Crippen molar-refractivity contribution in [3.8, 4) is 11.5 Å². The summed E-state index contributed by atoms with van der Waals surface area (Å²) in [4.78, 5) is 47.8. The van der Waals surface area contributed by atoms with Crippen LogP contribution in [0.2, 0.25) is 5.02 Å². The Kier molecular flexibility index (Phi) is 7.23. The molecule has 1 atom stereocenters.